The highest BCUT2D eigenvalue weighted by Gasteiger charge is 2.41. The van der Waals surface area contributed by atoms with E-state index < -0.39 is 42.0 Å². The van der Waals surface area contributed by atoms with Crippen molar-refractivity contribution in [1.29, 1.82) is 0 Å². The van der Waals surface area contributed by atoms with Crippen molar-refractivity contribution < 1.29 is 29.1 Å². The molecule has 0 aromatic carbocycles. The summed E-state index contributed by atoms with van der Waals surface area (Å²) in [7, 11) is 0. The summed E-state index contributed by atoms with van der Waals surface area (Å²) >= 11 is 0. The summed E-state index contributed by atoms with van der Waals surface area (Å²) in [5.41, 5.74) is 0. The minimum absolute atomic E-state index is 0.158. The Kier molecular flexibility index (Phi) is 6.98. The van der Waals surface area contributed by atoms with Gasteiger partial charge in [0.05, 0.1) is 0 Å². The Hall–Kier alpha value is -2.65. The average Bonchev–Trinajstić information content (AvgIpc) is 3.30. The van der Waals surface area contributed by atoms with Crippen molar-refractivity contribution in [1.82, 2.24) is 20.4 Å². The van der Waals surface area contributed by atoms with Gasteiger partial charge in [0, 0.05) is 20.0 Å². The van der Waals surface area contributed by atoms with E-state index in [9.17, 15) is 24.0 Å². The smallest absolute Gasteiger partial charge is 0.325 e. The average molecular weight is 396 g/mol. The molecule has 2 aliphatic rings. The SMILES string of the molecule is CC(=O)N1CCC[C@H]1C(=O)N1CCC[C@H]1C(=O)N[C@@H](C)C(=O)N[C@@H](C)C(=O)O. The number of nitrogens with one attached hydrogen (secondary N) is 2. The quantitative estimate of drug-likeness (QED) is 0.531. The number of amides is 4. The summed E-state index contributed by atoms with van der Waals surface area (Å²) in [6, 6.07) is -3.25. The van der Waals surface area contributed by atoms with Crippen LogP contribution < -0.4 is 10.6 Å². The molecule has 0 aliphatic carbocycles. The lowest BCUT2D eigenvalue weighted by molar-refractivity contribution is -0.146. The Morgan fingerprint density at radius 1 is 0.893 bits per heavy atom. The first-order valence-electron chi connectivity index (χ1n) is 9.54. The van der Waals surface area contributed by atoms with Gasteiger partial charge >= 0.3 is 5.97 Å². The summed E-state index contributed by atoms with van der Waals surface area (Å²) in [4.78, 5) is 63.2. The number of aliphatic carboxylic acids is 1. The second-order valence-corrected chi connectivity index (χ2v) is 7.36. The van der Waals surface area contributed by atoms with Crippen molar-refractivity contribution in [3.8, 4) is 0 Å². The molecular weight excluding hydrogens is 368 g/mol. The van der Waals surface area contributed by atoms with Gasteiger partial charge in [-0.05, 0) is 39.5 Å². The van der Waals surface area contributed by atoms with Gasteiger partial charge in [-0.3, -0.25) is 24.0 Å². The first kappa shape index (κ1) is 21.6. The number of hydrogen-bond donors (Lipinski definition) is 3. The van der Waals surface area contributed by atoms with Crippen molar-refractivity contribution in [3.05, 3.63) is 0 Å². The Morgan fingerprint density at radius 2 is 1.46 bits per heavy atom. The third kappa shape index (κ3) is 4.79. The monoisotopic (exact) mass is 396 g/mol. The molecule has 0 saturated carbocycles. The normalized spacial score (nSPS) is 23.8. The second-order valence-electron chi connectivity index (χ2n) is 7.36. The highest BCUT2D eigenvalue weighted by Crippen LogP contribution is 2.25. The van der Waals surface area contributed by atoms with Crippen LogP contribution in [0.15, 0.2) is 0 Å². The molecule has 2 fully saturated rings. The molecule has 0 bridgehead atoms. The lowest BCUT2D eigenvalue weighted by atomic mass is 10.1. The summed E-state index contributed by atoms with van der Waals surface area (Å²) in [5, 5.41) is 13.7. The predicted molar refractivity (Wildman–Crippen MR) is 98.0 cm³/mol. The van der Waals surface area contributed by atoms with E-state index in [0.717, 1.165) is 6.42 Å². The number of nitrogens with zero attached hydrogens (tertiary/aromatic N) is 2. The number of carboxylic acid groups (broad SMARTS) is 1. The Morgan fingerprint density at radius 3 is 2.04 bits per heavy atom. The van der Waals surface area contributed by atoms with Crippen molar-refractivity contribution >= 4 is 29.6 Å². The van der Waals surface area contributed by atoms with Crippen LogP contribution in [0.3, 0.4) is 0 Å². The van der Waals surface area contributed by atoms with E-state index in [0.29, 0.717) is 32.4 Å². The molecule has 2 rings (SSSR count). The number of carboxylic acids is 1. The molecule has 4 amide bonds. The van der Waals surface area contributed by atoms with Crippen LogP contribution >= 0.6 is 0 Å². The second kappa shape index (κ2) is 9.03. The maximum absolute atomic E-state index is 12.9. The molecule has 0 unspecified atom stereocenters. The molecule has 2 heterocycles. The Labute approximate surface area is 163 Å². The molecule has 3 N–H and O–H groups in total. The van der Waals surface area contributed by atoms with Crippen LogP contribution in [0.1, 0.15) is 46.5 Å². The first-order chi connectivity index (χ1) is 13.1. The fraction of sp³-hybridized carbons (Fsp3) is 0.722. The molecule has 2 aliphatic heterocycles. The lowest BCUT2D eigenvalue weighted by Gasteiger charge is -2.31. The van der Waals surface area contributed by atoms with Crippen molar-refractivity contribution in [3.63, 3.8) is 0 Å². The largest absolute Gasteiger partial charge is 0.480 e. The van der Waals surface area contributed by atoms with Gasteiger partial charge in [0.25, 0.3) is 0 Å². The minimum atomic E-state index is -1.17. The molecule has 0 aromatic rings. The zero-order valence-corrected chi connectivity index (χ0v) is 16.4. The van der Waals surface area contributed by atoms with E-state index in [1.165, 1.54) is 25.7 Å². The number of rotatable bonds is 6. The zero-order valence-electron chi connectivity index (χ0n) is 16.4. The van der Waals surface area contributed by atoms with Crippen LogP contribution in [0.4, 0.5) is 0 Å². The fourth-order valence-corrected chi connectivity index (χ4v) is 3.67. The molecule has 28 heavy (non-hydrogen) atoms. The van der Waals surface area contributed by atoms with Crippen molar-refractivity contribution in [2.75, 3.05) is 13.1 Å². The van der Waals surface area contributed by atoms with Gasteiger partial charge in [-0.15, -0.1) is 0 Å². The van der Waals surface area contributed by atoms with Crippen molar-refractivity contribution in [2.45, 2.75) is 70.6 Å². The first-order valence-corrected chi connectivity index (χ1v) is 9.54. The van der Waals surface area contributed by atoms with E-state index >= 15 is 0 Å². The summed E-state index contributed by atoms with van der Waals surface area (Å²) in [6.45, 7) is 5.18. The van der Waals surface area contributed by atoms with Gasteiger partial charge in [0.2, 0.25) is 23.6 Å². The maximum Gasteiger partial charge on any atom is 0.325 e. The Balaban J connectivity index is 1.98. The molecule has 10 heteroatoms. The standard InChI is InChI=1S/C18H28N4O6/c1-10(15(24)20-11(2)18(27)28)19-16(25)13-6-4-9-22(13)17(26)14-7-5-8-21(14)12(3)23/h10-11,13-14H,4-9H2,1-3H3,(H,19,25)(H,20,24)(H,27,28)/t10-,11-,13-,14-/m0/s1. The van der Waals surface area contributed by atoms with E-state index in [-0.39, 0.29) is 11.8 Å². The van der Waals surface area contributed by atoms with Gasteiger partial charge in [0.15, 0.2) is 0 Å². The third-order valence-electron chi connectivity index (χ3n) is 5.26. The van der Waals surface area contributed by atoms with Crippen LogP contribution in [0.5, 0.6) is 0 Å². The predicted octanol–water partition coefficient (Wildman–Crippen LogP) is -0.918. The van der Waals surface area contributed by atoms with Crippen LogP contribution in [0.2, 0.25) is 0 Å². The van der Waals surface area contributed by atoms with E-state index in [4.69, 9.17) is 5.11 Å². The number of carbonyl (C=O) groups is 5. The minimum Gasteiger partial charge on any atom is -0.480 e. The number of likely N-dealkylation sites (tertiary alicyclic amines) is 2. The summed E-state index contributed by atoms with van der Waals surface area (Å²) in [6.07, 6.45) is 2.46. The molecule has 0 spiro atoms. The zero-order chi connectivity index (χ0) is 21.0. The third-order valence-corrected chi connectivity index (χ3v) is 5.26. The fourth-order valence-electron chi connectivity index (χ4n) is 3.67. The highest BCUT2D eigenvalue weighted by molar-refractivity contribution is 5.95. The van der Waals surface area contributed by atoms with Crippen LogP contribution in [0, 0.1) is 0 Å². The molecule has 0 aromatic heterocycles. The van der Waals surface area contributed by atoms with Crippen molar-refractivity contribution in [2.24, 2.45) is 0 Å². The Bertz CT molecular complexity index is 666. The molecule has 0 radical (unpaired) electrons. The van der Waals surface area contributed by atoms with E-state index in [1.807, 2.05) is 0 Å². The van der Waals surface area contributed by atoms with Gasteiger partial charge in [-0.2, -0.15) is 0 Å². The summed E-state index contributed by atoms with van der Waals surface area (Å²) < 4.78 is 0. The number of hydrogen-bond acceptors (Lipinski definition) is 5. The van der Waals surface area contributed by atoms with Gasteiger partial charge < -0.3 is 25.5 Å². The van der Waals surface area contributed by atoms with Crippen LogP contribution in [-0.2, 0) is 24.0 Å². The molecule has 156 valence electrons. The molecular formula is C18H28N4O6. The van der Waals surface area contributed by atoms with Gasteiger partial charge in [-0.1, -0.05) is 0 Å². The van der Waals surface area contributed by atoms with Gasteiger partial charge in [-0.25, -0.2) is 0 Å². The van der Waals surface area contributed by atoms with Gasteiger partial charge in [0.1, 0.15) is 24.2 Å². The topological polar surface area (TPSA) is 136 Å². The van der Waals surface area contributed by atoms with E-state index in [1.54, 1.807) is 4.90 Å². The molecule has 2 saturated heterocycles. The lowest BCUT2D eigenvalue weighted by Crippen LogP contribution is -2.56. The van der Waals surface area contributed by atoms with Crippen LogP contribution in [-0.4, -0.2) is 81.8 Å². The summed E-state index contributed by atoms with van der Waals surface area (Å²) in [5.74, 6) is -2.64. The highest BCUT2D eigenvalue weighted by atomic mass is 16.4. The molecule has 4 atom stereocenters. The van der Waals surface area contributed by atoms with E-state index in [2.05, 4.69) is 10.6 Å². The molecule has 10 nitrogen and oxygen atoms in total. The number of carbonyl (C=O) groups excluding carboxylic acids is 4. The van der Waals surface area contributed by atoms with Crippen LogP contribution in [0.25, 0.3) is 0 Å². The maximum atomic E-state index is 12.9.